The third-order valence-corrected chi connectivity index (χ3v) is 2.46. The minimum Gasteiger partial charge on any atom is -0.312 e. The lowest BCUT2D eigenvalue weighted by Gasteiger charge is -2.05. The molecule has 76 valence electrons. The van der Waals surface area contributed by atoms with E-state index in [0.29, 0.717) is 0 Å². The van der Waals surface area contributed by atoms with Gasteiger partial charge in [-0.05, 0) is 29.5 Å². The van der Waals surface area contributed by atoms with Gasteiger partial charge in [0.05, 0.1) is 0 Å². The summed E-state index contributed by atoms with van der Waals surface area (Å²) in [7, 11) is 0. The van der Waals surface area contributed by atoms with Gasteiger partial charge in [0.2, 0.25) is 0 Å². The lowest BCUT2D eigenvalue weighted by Crippen LogP contribution is -2.14. The van der Waals surface area contributed by atoms with E-state index in [4.69, 9.17) is 11.6 Å². The van der Waals surface area contributed by atoms with Crippen molar-refractivity contribution in [1.29, 1.82) is 0 Å². The fourth-order valence-electron chi connectivity index (χ4n) is 1.10. The molecule has 0 atom stereocenters. The summed E-state index contributed by atoms with van der Waals surface area (Å²) in [6.45, 7) is 5.39. The first-order chi connectivity index (χ1) is 6.70. The van der Waals surface area contributed by atoms with Crippen LogP contribution in [-0.4, -0.2) is 6.54 Å². The summed E-state index contributed by atoms with van der Waals surface area (Å²) in [6, 6.07) is 7.84. The summed E-state index contributed by atoms with van der Waals surface area (Å²) >= 11 is 10.1. The fourth-order valence-corrected chi connectivity index (χ4v) is 1.41. The van der Waals surface area contributed by atoms with E-state index in [1.165, 1.54) is 0 Å². The summed E-state index contributed by atoms with van der Waals surface area (Å²) < 4.78 is 0. The zero-order valence-electron chi connectivity index (χ0n) is 7.96. The Bertz CT molecular complexity index is 312. The molecule has 1 nitrogen and oxygen atoms in total. The summed E-state index contributed by atoms with van der Waals surface area (Å²) in [6.07, 6.45) is 0.883. The monoisotopic (exact) mass is 227 g/mol. The highest BCUT2D eigenvalue weighted by atomic mass is 35.5. The summed E-state index contributed by atoms with van der Waals surface area (Å²) in [5.41, 5.74) is 1.12. The van der Waals surface area contributed by atoms with Crippen LogP contribution < -0.4 is 5.32 Å². The lowest BCUT2D eigenvalue weighted by molar-refractivity contribution is 0.694. The standard InChI is InChI=1S/C11H14ClNS/c1-9(14)6-7-13-8-10-4-2-3-5-11(10)12/h2-5,13-14H,1,6-8H2. The number of halogens is 1. The van der Waals surface area contributed by atoms with E-state index in [1.807, 2.05) is 24.3 Å². The minimum atomic E-state index is 0.792. The maximum absolute atomic E-state index is 5.99. The van der Waals surface area contributed by atoms with Gasteiger partial charge in [0, 0.05) is 11.6 Å². The largest absolute Gasteiger partial charge is 0.312 e. The molecule has 1 aromatic rings. The minimum absolute atomic E-state index is 0.792. The molecule has 0 aliphatic rings. The van der Waals surface area contributed by atoms with Crippen molar-refractivity contribution in [2.24, 2.45) is 0 Å². The Hall–Kier alpha value is -0.440. The van der Waals surface area contributed by atoms with Crippen LogP contribution in [0.25, 0.3) is 0 Å². The van der Waals surface area contributed by atoms with E-state index in [1.54, 1.807) is 0 Å². The highest BCUT2D eigenvalue weighted by molar-refractivity contribution is 7.84. The van der Waals surface area contributed by atoms with Gasteiger partial charge in [0.15, 0.2) is 0 Å². The van der Waals surface area contributed by atoms with Crippen molar-refractivity contribution in [1.82, 2.24) is 5.32 Å². The molecule has 14 heavy (non-hydrogen) atoms. The van der Waals surface area contributed by atoms with Gasteiger partial charge in [-0.25, -0.2) is 0 Å². The second-order valence-corrected chi connectivity index (χ2v) is 4.12. The smallest absolute Gasteiger partial charge is 0.0450 e. The number of benzene rings is 1. The Morgan fingerprint density at radius 2 is 2.14 bits per heavy atom. The van der Waals surface area contributed by atoms with Gasteiger partial charge in [0.25, 0.3) is 0 Å². The number of hydrogen-bond donors (Lipinski definition) is 2. The number of nitrogens with one attached hydrogen (secondary N) is 1. The maximum Gasteiger partial charge on any atom is 0.0450 e. The zero-order valence-corrected chi connectivity index (χ0v) is 9.61. The Morgan fingerprint density at radius 1 is 1.43 bits per heavy atom. The molecule has 0 aliphatic carbocycles. The third kappa shape index (κ3) is 4.18. The van der Waals surface area contributed by atoms with E-state index in [2.05, 4.69) is 24.5 Å². The summed E-state index contributed by atoms with van der Waals surface area (Å²) in [4.78, 5) is 0.900. The van der Waals surface area contributed by atoms with Crippen LogP contribution in [0.1, 0.15) is 12.0 Å². The molecular weight excluding hydrogens is 214 g/mol. The van der Waals surface area contributed by atoms with Gasteiger partial charge in [-0.1, -0.05) is 36.4 Å². The van der Waals surface area contributed by atoms with E-state index in [9.17, 15) is 0 Å². The van der Waals surface area contributed by atoms with Crippen molar-refractivity contribution in [3.05, 3.63) is 46.3 Å². The van der Waals surface area contributed by atoms with Crippen molar-refractivity contribution < 1.29 is 0 Å². The van der Waals surface area contributed by atoms with Gasteiger partial charge in [-0.3, -0.25) is 0 Å². The zero-order chi connectivity index (χ0) is 10.4. The molecule has 1 N–H and O–H groups in total. The van der Waals surface area contributed by atoms with Gasteiger partial charge in [0.1, 0.15) is 0 Å². The first kappa shape index (κ1) is 11.6. The van der Waals surface area contributed by atoms with Crippen molar-refractivity contribution in [3.63, 3.8) is 0 Å². The second-order valence-electron chi connectivity index (χ2n) is 3.08. The molecule has 0 radical (unpaired) electrons. The molecule has 1 rings (SSSR count). The quantitative estimate of drug-likeness (QED) is 0.581. The number of hydrogen-bond acceptors (Lipinski definition) is 2. The van der Waals surface area contributed by atoms with Crippen LogP contribution in [0, 0.1) is 0 Å². The molecule has 0 spiro atoms. The second kappa shape index (κ2) is 6.12. The molecule has 0 fully saturated rings. The normalized spacial score (nSPS) is 10.1. The van der Waals surface area contributed by atoms with Gasteiger partial charge < -0.3 is 5.32 Å². The molecule has 0 bridgehead atoms. The number of rotatable bonds is 5. The first-order valence-electron chi connectivity index (χ1n) is 4.51. The average Bonchev–Trinajstić information content (AvgIpc) is 2.15. The molecule has 0 saturated carbocycles. The van der Waals surface area contributed by atoms with Gasteiger partial charge in [-0.15, -0.1) is 12.6 Å². The average molecular weight is 228 g/mol. The van der Waals surface area contributed by atoms with E-state index < -0.39 is 0 Å². The Balaban J connectivity index is 2.31. The molecule has 0 aliphatic heterocycles. The number of thiol groups is 1. The van der Waals surface area contributed by atoms with Crippen LogP contribution in [0.15, 0.2) is 35.7 Å². The SMILES string of the molecule is C=C(S)CCNCc1ccccc1Cl. The Kier molecular flexibility index (Phi) is 5.09. The van der Waals surface area contributed by atoms with Crippen molar-refractivity contribution >= 4 is 24.2 Å². The van der Waals surface area contributed by atoms with Crippen LogP contribution in [-0.2, 0) is 6.54 Å². The van der Waals surface area contributed by atoms with Crippen LogP contribution in [0.3, 0.4) is 0 Å². The predicted octanol–water partition coefficient (Wildman–Crippen LogP) is 3.26. The molecule has 3 heteroatoms. The lowest BCUT2D eigenvalue weighted by atomic mass is 10.2. The van der Waals surface area contributed by atoms with Crippen molar-refractivity contribution in [3.8, 4) is 0 Å². The first-order valence-corrected chi connectivity index (χ1v) is 5.33. The molecule has 0 heterocycles. The van der Waals surface area contributed by atoms with Gasteiger partial charge in [-0.2, -0.15) is 0 Å². The fraction of sp³-hybridized carbons (Fsp3) is 0.273. The van der Waals surface area contributed by atoms with Crippen molar-refractivity contribution in [2.75, 3.05) is 6.54 Å². The summed E-state index contributed by atoms with van der Waals surface area (Å²) in [5, 5.41) is 4.09. The van der Waals surface area contributed by atoms with E-state index in [-0.39, 0.29) is 0 Å². The molecule has 0 unspecified atom stereocenters. The van der Waals surface area contributed by atoms with E-state index in [0.717, 1.165) is 35.0 Å². The highest BCUT2D eigenvalue weighted by Gasteiger charge is 1.97. The van der Waals surface area contributed by atoms with Crippen LogP contribution >= 0.6 is 24.2 Å². The maximum atomic E-state index is 5.99. The molecule has 0 aromatic heterocycles. The third-order valence-electron chi connectivity index (χ3n) is 1.86. The van der Waals surface area contributed by atoms with Crippen LogP contribution in [0.4, 0.5) is 0 Å². The van der Waals surface area contributed by atoms with Crippen LogP contribution in [0.5, 0.6) is 0 Å². The summed E-state index contributed by atoms with van der Waals surface area (Å²) in [5.74, 6) is 0. The van der Waals surface area contributed by atoms with Gasteiger partial charge >= 0.3 is 0 Å². The Morgan fingerprint density at radius 3 is 2.79 bits per heavy atom. The van der Waals surface area contributed by atoms with E-state index >= 15 is 0 Å². The topological polar surface area (TPSA) is 12.0 Å². The predicted molar refractivity (Wildman–Crippen MR) is 65.9 cm³/mol. The molecule has 1 aromatic carbocycles. The van der Waals surface area contributed by atoms with Crippen molar-refractivity contribution in [2.45, 2.75) is 13.0 Å². The molecule has 0 saturated heterocycles. The molecule has 0 amide bonds. The highest BCUT2D eigenvalue weighted by Crippen LogP contribution is 2.14. The molecular formula is C11H14ClNS. The van der Waals surface area contributed by atoms with Crippen LogP contribution in [0.2, 0.25) is 5.02 Å². The Labute approximate surface area is 95.6 Å².